The maximum atomic E-state index is 5.67. The van der Waals surface area contributed by atoms with Crippen LogP contribution in [0.2, 0.25) is 0 Å². The third-order valence-corrected chi connectivity index (χ3v) is 2.56. The van der Waals surface area contributed by atoms with Gasteiger partial charge in [-0.05, 0) is 24.3 Å². The molecule has 0 bridgehead atoms. The normalized spacial score (nSPS) is 11.1. The van der Waals surface area contributed by atoms with Crippen LogP contribution in [0.4, 0.5) is 0 Å². The summed E-state index contributed by atoms with van der Waals surface area (Å²) in [5.74, 6) is 0.770. The lowest BCUT2D eigenvalue weighted by Gasteiger charge is -1.99. The Labute approximate surface area is 92.3 Å². The van der Waals surface area contributed by atoms with E-state index in [1.165, 1.54) is 0 Å². The van der Waals surface area contributed by atoms with Crippen molar-refractivity contribution in [2.45, 2.75) is 6.54 Å². The summed E-state index contributed by atoms with van der Waals surface area (Å²) in [5, 5.41) is 0. The minimum atomic E-state index is 0.491. The van der Waals surface area contributed by atoms with Crippen molar-refractivity contribution in [1.82, 2.24) is 9.38 Å². The molecule has 0 amide bonds. The van der Waals surface area contributed by atoms with Gasteiger partial charge < -0.3 is 14.6 Å². The van der Waals surface area contributed by atoms with Crippen LogP contribution in [0.1, 0.15) is 5.69 Å². The second-order valence-corrected chi connectivity index (χ2v) is 3.55. The molecule has 80 valence electrons. The highest BCUT2D eigenvalue weighted by atomic mass is 16.3. The van der Waals surface area contributed by atoms with E-state index < -0.39 is 0 Å². The summed E-state index contributed by atoms with van der Waals surface area (Å²) in [5.41, 5.74) is 8.41. The van der Waals surface area contributed by atoms with Gasteiger partial charge in [-0.15, -0.1) is 0 Å². The molecule has 0 aromatic carbocycles. The highest BCUT2D eigenvalue weighted by Gasteiger charge is 2.07. The molecule has 3 aromatic rings. The number of nitrogens with two attached hydrogens (primary N) is 1. The molecule has 0 aliphatic rings. The zero-order chi connectivity index (χ0) is 11.0. The number of imidazole rings is 1. The van der Waals surface area contributed by atoms with Gasteiger partial charge in [0.25, 0.3) is 0 Å². The summed E-state index contributed by atoms with van der Waals surface area (Å²) in [6.07, 6.45) is 3.58. The van der Waals surface area contributed by atoms with Crippen LogP contribution < -0.4 is 5.73 Å². The first-order valence-electron chi connectivity index (χ1n) is 5.09. The van der Waals surface area contributed by atoms with E-state index in [9.17, 15) is 0 Å². The first-order valence-corrected chi connectivity index (χ1v) is 5.09. The average Bonchev–Trinajstić information content (AvgIpc) is 2.96. The molecule has 0 aliphatic heterocycles. The van der Waals surface area contributed by atoms with Crippen molar-refractivity contribution in [2.75, 3.05) is 0 Å². The molecule has 0 radical (unpaired) electrons. The fourth-order valence-electron chi connectivity index (χ4n) is 1.78. The summed E-state index contributed by atoms with van der Waals surface area (Å²) < 4.78 is 7.30. The summed E-state index contributed by atoms with van der Waals surface area (Å²) in [6.45, 7) is 0.491. The van der Waals surface area contributed by atoms with E-state index >= 15 is 0 Å². The molecule has 0 fully saturated rings. The summed E-state index contributed by atoms with van der Waals surface area (Å²) in [6, 6.07) is 9.63. The molecule has 3 rings (SSSR count). The van der Waals surface area contributed by atoms with E-state index in [2.05, 4.69) is 4.98 Å². The largest absolute Gasteiger partial charge is 0.463 e. The van der Waals surface area contributed by atoms with Crippen molar-refractivity contribution in [3.05, 3.63) is 48.5 Å². The molecular formula is C12H11N3O. The van der Waals surface area contributed by atoms with Crippen LogP contribution in [0.25, 0.3) is 17.1 Å². The maximum Gasteiger partial charge on any atom is 0.153 e. The van der Waals surface area contributed by atoms with Crippen LogP contribution in [0.5, 0.6) is 0 Å². The number of hydrogen-bond acceptors (Lipinski definition) is 3. The van der Waals surface area contributed by atoms with Gasteiger partial charge >= 0.3 is 0 Å². The number of pyridine rings is 1. The number of hydrogen-bond donors (Lipinski definition) is 1. The summed E-state index contributed by atoms with van der Waals surface area (Å²) >= 11 is 0. The van der Waals surface area contributed by atoms with Gasteiger partial charge in [0.2, 0.25) is 0 Å². The van der Waals surface area contributed by atoms with Crippen molar-refractivity contribution in [3.63, 3.8) is 0 Å². The molecule has 4 heteroatoms. The van der Waals surface area contributed by atoms with Crippen molar-refractivity contribution in [1.29, 1.82) is 0 Å². The quantitative estimate of drug-likeness (QED) is 0.708. The van der Waals surface area contributed by atoms with Gasteiger partial charge in [-0.3, -0.25) is 0 Å². The lowest BCUT2D eigenvalue weighted by Crippen LogP contribution is -2.02. The second kappa shape index (κ2) is 3.50. The third-order valence-electron chi connectivity index (χ3n) is 2.56. The molecule has 16 heavy (non-hydrogen) atoms. The van der Waals surface area contributed by atoms with Gasteiger partial charge in [0.15, 0.2) is 5.76 Å². The van der Waals surface area contributed by atoms with Gasteiger partial charge in [-0.1, -0.05) is 6.07 Å². The Morgan fingerprint density at radius 1 is 1.25 bits per heavy atom. The van der Waals surface area contributed by atoms with E-state index in [4.69, 9.17) is 10.2 Å². The minimum absolute atomic E-state index is 0.491. The molecule has 0 atom stereocenters. The van der Waals surface area contributed by atoms with Crippen molar-refractivity contribution >= 4 is 5.65 Å². The highest BCUT2D eigenvalue weighted by Crippen LogP contribution is 2.20. The van der Waals surface area contributed by atoms with E-state index in [1.54, 1.807) is 6.26 Å². The SMILES string of the molecule is NCc1cccc2nc(-c3ccco3)cn12. The van der Waals surface area contributed by atoms with Crippen LogP contribution in [-0.2, 0) is 6.54 Å². The summed E-state index contributed by atoms with van der Waals surface area (Å²) in [7, 11) is 0. The Hall–Kier alpha value is -2.07. The topological polar surface area (TPSA) is 56.5 Å². The Kier molecular flexibility index (Phi) is 2.01. The van der Waals surface area contributed by atoms with E-state index in [0.29, 0.717) is 6.54 Å². The van der Waals surface area contributed by atoms with Crippen LogP contribution in [0.3, 0.4) is 0 Å². The Morgan fingerprint density at radius 2 is 2.19 bits per heavy atom. The molecular weight excluding hydrogens is 202 g/mol. The number of rotatable bonds is 2. The standard InChI is InChI=1S/C12H11N3O/c13-7-9-3-1-5-12-14-10(8-15(9)12)11-4-2-6-16-11/h1-6,8H,7,13H2. The first kappa shape index (κ1) is 9.18. The fourth-order valence-corrected chi connectivity index (χ4v) is 1.78. The van der Waals surface area contributed by atoms with Crippen LogP contribution in [0.15, 0.2) is 47.2 Å². The predicted octanol–water partition coefficient (Wildman–Crippen LogP) is 2.05. The molecule has 3 heterocycles. The lowest BCUT2D eigenvalue weighted by atomic mass is 10.3. The molecule has 0 unspecified atom stereocenters. The van der Waals surface area contributed by atoms with Gasteiger partial charge in [0.1, 0.15) is 11.3 Å². The molecule has 3 aromatic heterocycles. The number of aromatic nitrogens is 2. The average molecular weight is 213 g/mol. The Morgan fingerprint density at radius 3 is 2.94 bits per heavy atom. The van der Waals surface area contributed by atoms with Crippen molar-refractivity contribution in [3.8, 4) is 11.5 Å². The number of fused-ring (bicyclic) bond motifs is 1. The second-order valence-electron chi connectivity index (χ2n) is 3.55. The fraction of sp³-hybridized carbons (Fsp3) is 0.0833. The summed E-state index contributed by atoms with van der Waals surface area (Å²) in [4.78, 5) is 4.48. The molecule has 0 aliphatic carbocycles. The number of nitrogens with zero attached hydrogens (tertiary/aromatic N) is 2. The van der Waals surface area contributed by atoms with Crippen LogP contribution in [0, 0.1) is 0 Å². The van der Waals surface area contributed by atoms with E-state index in [0.717, 1.165) is 22.8 Å². The number of furan rings is 1. The zero-order valence-electron chi connectivity index (χ0n) is 8.63. The molecule has 0 spiro atoms. The minimum Gasteiger partial charge on any atom is -0.463 e. The smallest absolute Gasteiger partial charge is 0.153 e. The van der Waals surface area contributed by atoms with Crippen molar-refractivity contribution in [2.24, 2.45) is 5.73 Å². The third kappa shape index (κ3) is 1.31. The van der Waals surface area contributed by atoms with E-state index in [-0.39, 0.29) is 0 Å². The molecule has 0 saturated heterocycles. The van der Waals surface area contributed by atoms with Gasteiger partial charge in [-0.2, -0.15) is 0 Å². The highest BCUT2D eigenvalue weighted by molar-refractivity contribution is 5.57. The molecule has 0 saturated carbocycles. The predicted molar refractivity (Wildman–Crippen MR) is 60.8 cm³/mol. The maximum absolute atomic E-state index is 5.67. The van der Waals surface area contributed by atoms with Crippen molar-refractivity contribution < 1.29 is 4.42 Å². The van der Waals surface area contributed by atoms with Crippen LogP contribution >= 0.6 is 0 Å². The first-order chi connectivity index (χ1) is 7.88. The van der Waals surface area contributed by atoms with Gasteiger partial charge in [-0.25, -0.2) is 4.98 Å². The van der Waals surface area contributed by atoms with E-state index in [1.807, 2.05) is 40.9 Å². The lowest BCUT2D eigenvalue weighted by molar-refractivity contribution is 0.580. The Bertz CT molecular complexity index is 610. The van der Waals surface area contributed by atoms with Gasteiger partial charge in [0, 0.05) is 18.4 Å². The molecule has 2 N–H and O–H groups in total. The van der Waals surface area contributed by atoms with Crippen LogP contribution in [-0.4, -0.2) is 9.38 Å². The Balaban J connectivity index is 2.23. The van der Waals surface area contributed by atoms with Gasteiger partial charge in [0.05, 0.1) is 6.26 Å². The monoisotopic (exact) mass is 213 g/mol. The zero-order valence-corrected chi connectivity index (χ0v) is 8.63. The molecule has 4 nitrogen and oxygen atoms in total.